The number of hydrogen-bond acceptors (Lipinski definition) is 5. The van der Waals surface area contributed by atoms with E-state index in [1.165, 1.54) is 0 Å². The summed E-state index contributed by atoms with van der Waals surface area (Å²) in [5, 5.41) is 14.0. The second-order valence-corrected chi connectivity index (χ2v) is 8.61. The summed E-state index contributed by atoms with van der Waals surface area (Å²) in [6, 6.07) is 12.8. The monoisotopic (exact) mass is 509 g/mol. The van der Waals surface area contributed by atoms with E-state index < -0.39 is 40.9 Å². The molecule has 8 nitrogen and oxygen atoms in total. The summed E-state index contributed by atoms with van der Waals surface area (Å²) in [7, 11) is 0. The van der Waals surface area contributed by atoms with Crippen molar-refractivity contribution in [2.24, 2.45) is 5.73 Å². The summed E-state index contributed by atoms with van der Waals surface area (Å²) in [6.45, 7) is 1.67. The molecule has 190 valence electrons. The molecule has 1 unspecified atom stereocenters. The topological polar surface area (TPSA) is 130 Å². The fourth-order valence-corrected chi connectivity index (χ4v) is 3.91. The second-order valence-electron chi connectivity index (χ2n) is 8.61. The molecule has 1 aromatic heterocycles. The molecule has 1 heterocycles. The van der Waals surface area contributed by atoms with Crippen LogP contribution in [0, 0.1) is 11.8 Å². The quantitative estimate of drug-likeness (QED) is 0.363. The van der Waals surface area contributed by atoms with Crippen LogP contribution >= 0.6 is 0 Å². The lowest BCUT2D eigenvalue weighted by Gasteiger charge is -2.14. The minimum Gasteiger partial charge on any atom is -0.465 e. The number of nitrogens with zero attached hydrogens (tertiary/aromatic N) is 2. The molecule has 0 saturated heterocycles. The lowest BCUT2D eigenvalue weighted by Crippen LogP contribution is -2.29. The molecule has 0 spiro atoms. The zero-order valence-corrected chi connectivity index (χ0v) is 19.6. The van der Waals surface area contributed by atoms with E-state index in [2.05, 4.69) is 32.4 Å². The molecule has 5 N–H and O–H groups in total. The van der Waals surface area contributed by atoms with Crippen molar-refractivity contribution in [3.8, 4) is 11.8 Å². The van der Waals surface area contributed by atoms with Crippen LogP contribution in [0.4, 0.5) is 29.6 Å². The van der Waals surface area contributed by atoms with E-state index in [1.54, 1.807) is 55.5 Å². The van der Waals surface area contributed by atoms with Crippen molar-refractivity contribution in [3.05, 3.63) is 82.7 Å². The lowest BCUT2D eigenvalue weighted by atomic mass is 9.91. The van der Waals surface area contributed by atoms with Gasteiger partial charge in [-0.3, -0.25) is 4.79 Å². The molecular weight excluding hydrogens is 487 g/mol. The number of carboxylic acid groups (broad SMARTS) is 1. The third kappa shape index (κ3) is 5.64. The van der Waals surface area contributed by atoms with Crippen LogP contribution in [0.3, 0.4) is 0 Å². The molecule has 37 heavy (non-hydrogen) atoms. The highest BCUT2D eigenvalue weighted by Crippen LogP contribution is 2.49. The number of halogens is 3. The first kappa shape index (κ1) is 25.5. The molecule has 3 aromatic rings. The first-order chi connectivity index (χ1) is 17.5. The Bertz CT molecular complexity index is 1410. The van der Waals surface area contributed by atoms with Crippen LogP contribution in [-0.2, 0) is 16.4 Å². The van der Waals surface area contributed by atoms with Crippen molar-refractivity contribution in [1.29, 1.82) is 0 Å². The SMILES string of the molecule is CC(NC(=O)O)c1ccc(Nc2ncc(C(F)(F)F)c(C#Cc3ccccc3C3(C(N)=O)CC3)n2)cc1. The van der Waals surface area contributed by atoms with Gasteiger partial charge in [-0.25, -0.2) is 14.8 Å². The van der Waals surface area contributed by atoms with Gasteiger partial charge in [0.2, 0.25) is 11.9 Å². The molecule has 4 rings (SSSR count). The smallest absolute Gasteiger partial charge is 0.420 e. The molecule has 2 amide bonds. The van der Waals surface area contributed by atoms with Crippen LogP contribution in [-0.4, -0.2) is 27.1 Å². The predicted octanol–water partition coefficient (Wildman–Crippen LogP) is 4.48. The number of anilines is 2. The number of rotatable bonds is 6. The van der Waals surface area contributed by atoms with E-state index in [1.807, 2.05) is 0 Å². The van der Waals surface area contributed by atoms with Crippen molar-refractivity contribution < 1.29 is 27.9 Å². The number of alkyl halides is 3. The van der Waals surface area contributed by atoms with Gasteiger partial charge in [-0.05, 0) is 55.0 Å². The van der Waals surface area contributed by atoms with Crippen LogP contribution in [0.1, 0.15) is 53.8 Å². The van der Waals surface area contributed by atoms with Gasteiger partial charge in [0.15, 0.2) is 0 Å². The van der Waals surface area contributed by atoms with Gasteiger partial charge in [0.1, 0.15) is 11.3 Å². The number of nitrogens with one attached hydrogen (secondary N) is 2. The van der Waals surface area contributed by atoms with E-state index in [4.69, 9.17) is 10.8 Å². The van der Waals surface area contributed by atoms with Crippen LogP contribution < -0.4 is 16.4 Å². The summed E-state index contributed by atoms with van der Waals surface area (Å²) in [5.41, 5.74) is 5.26. The van der Waals surface area contributed by atoms with E-state index >= 15 is 0 Å². The Balaban J connectivity index is 1.64. The molecule has 0 radical (unpaired) electrons. The zero-order chi connectivity index (χ0) is 26.8. The molecule has 1 fully saturated rings. The molecule has 11 heteroatoms. The van der Waals surface area contributed by atoms with Gasteiger partial charge in [-0.1, -0.05) is 36.3 Å². The van der Waals surface area contributed by atoms with Gasteiger partial charge in [0, 0.05) is 17.4 Å². The molecule has 1 aliphatic carbocycles. The number of nitrogens with two attached hydrogens (primary N) is 1. The zero-order valence-electron chi connectivity index (χ0n) is 19.6. The maximum Gasteiger partial charge on any atom is 0.420 e. The second kappa shape index (κ2) is 9.81. The maximum absolute atomic E-state index is 13.7. The highest BCUT2D eigenvalue weighted by Gasteiger charge is 2.51. The van der Waals surface area contributed by atoms with Crippen LogP contribution in [0.25, 0.3) is 0 Å². The number of carbonyl (C=O) groups excluding carboxylic acids is 1. The molecule has 2 aromatic carbocycles. The molecule has 1 saturated carbocycles. The molecule has 0 aliphatic heterocycles. The molecular formula is C26H22F3N5O3. The average molecular weight is 509 g/mol. The average Bonchev–Trinajstić information content (AvgIpc) is 3.65. The van der Waals surface area contributed by atoms with Gasteiger partial charge in [-0.2, -0.15) is 13.2 Å². The Kier molecular flexibility index (Phi) is 6.76. The maximum atomic E-state index is 13.7. The van der Waals surface area contributed by atoms with Crippen molar-refractivity contribution in [1.82, 2.24) is 15.3 Å². The van der Waals surface area contributed by atoms with E-state index in [0.717, 1.165) is 0 Å². The first-order valence-corrected chi connectivity index (χ1v) is 11.2. The van der Waals surface area contributed by atoms with E-state index in [0.29, 0.717) is 41.4 Å². The summed E-state index contributed by atoms with van der Waals surface area (Å²) in [5.74, 6) is 4.64. The Morgan fingerprint density at radius 1 is 1.11 bits per heavy atom. The first-order valence-electron chi connectivity index (χ1n) is 11.2. The summed E-state index contributed by atoms with van der Waals surface area (Å²) in [6.07, 6.45) is -4.13. The number of primary amides is 1. The Labute approximate surface area is 210 Å². The Hall–Kier alpha value is -4.59. The number of benzene rings is 2. The lowest BCUT2D eigenvalue weighted by molar-refractivity contribution is -0.138. The molecule has 1 aliphatic rings. The minimum atomic E-state index is -4.73. The highest BCUT2D eigenvalue weighted by molar-refractivity contribution is 5.90. The highest BCUT2D eigenvalue weighted by atomic mass is 19.4. The van der Waals surface area contributed by atoms with Gasteiger partial charge in [0.25, 0.3) is 0 Å². The van der Waals surface area contributed by atoms with Gasteiger partial charge < -0.3 is 21.5 Å². The number of carbonyl (C=O) groups is 2. The third-order valence-electron chi connectivity index (χ3n) is 6.08. The predicted molar refractivity (Wildman–Crippen MR) is 129 cm³/mol. The van der Waals surface area contributed by atoms with Gasteiger partial charge in [0.05, 0.1) is 11.5 Å². The van der Waals surface area contributed by atoms with Crippen molar-refractivity contribution >= 4 is 23.6 Å². The van der Waals surface area contributed by atoms with Gasteiger partial charge in [-0.15, -0.1) is 0 Å². The van der Waals surface area contributed by atoms with Gasteiger partial charge >= 0.3 is 12.3 Å². The van der Waals surface area contributed by atoms with E-state index in [9.17, 15) is 22.8 Å². The van der Waals surface area contributed by atoms with Crippen molar-refractivity contribution in [2.45, 2.75) is 37.4 Å². The normalized spacial score (nSPS) is 14.6. The minimum absolute atomic E-state index is 0.106. The Morgan fingerprint density at radius 3 is 2.38 bits per heavy atom. The third-order valence-corrected chi connectivity index (χ3v) is 6.08. The Morgan fingerprint density at radius 2 is 1.78 bits per heavy atom. The van der Waals surface area contributed by atoms with Crippen LogP contribution in [0.15, 0.2) is 54.7 Å². The van der Waals surface area contributed by atoms with Crippen molar-refractivity contribution in [3.63, 3.8) is 0 Å². The van der Waals surface area contributed by atoms with Crippen LogP contribution in [0.5, 0.6) is 0 Å². The van der Waals surface area contributed by atoms with Crippen molar-refractivity contribution in [2.75, 3.05) is 5.32 Å². The molecule has 1 atom stereocenters. The number of amides is 2. The fraction of sp³-hybridized carbons (Fsp3) is 0.231. The summed E-state index contributed by atoms with van der Waals surface area (Å²) in [4.78, 5) is 30.6. The summed E-state index contributed by atoms with van der Waals surface area (Å²) >= 11 is 0. The standard InChI is InChI=1S/C26H22F3N5O3/c1-15(32-24(36)37)16-6-9-18(10-7-16)33-23-31-14-20(26(27,28)29)21(34-23)11-8-17-4-2-3-5-19(17)25(12-13-25)22(30)35/h2-7,9-10,14-15,32H,12-13H2,1H3,(H2,30,35)(H,36,37)(H,31,33,34). The summed E-state index contributed by atoms with van der Waals surface area (Å²) < 4.78 is 41.0. The largest absolute Gasteiger partial charge is 0.465 e. The van der Waals surface area contributed by atoms with Crippen LogP contribution in [0.2, 0.25) is 0 Å². The van der Waals surface area contributed by atoms with E-state index in [-0.39, 0.29) is 5.95 Å². The fourth-order valence-electron chi connectivity index (χ4n) is 3.91. The number of aromatic nitrogens is 2. The number of hydrogen-bond donors (Lipinski definition) is 4. The molecule has 0 bridgehead atoms.